The maximum absolute atomic E-state index is 3.36. The summed E-state index contributed by atoms with van der Waals surface area (Å²) in [5.74, 6) is 5.32. The van der Waals surface area contributed by atoms with Crippen LogP contribution in [0.1, 0.15) is 6.92 Å². The van der Waals surface area contributed by atoms with Gasteiger partial charge in [-0.1, -0.05) is 12.8 Å². The molecule has 0 aromatic heterocycles. The van der Waals surface area contributed by atoms with Crippen molar-refractivity contribution >= 4 is 0 Å². The van der Waals surface area contributed by atoms with E-state index in [9.17, 15) is 0 Å². The van der Waals surface area contributed by atoms with Crippen LogP contribution in [0, 0.1) is 18.8 Å². The summed E-state index contributed by atoms with van der Waals surface area (Å²) in [5, 5.41) is 3.04. The molecule has 1 heteroatoms. The van der Waals surface area contributed by atoms with E-state index in [1.54, 1.807) is 0 Å². The van der Waals surface area contributed by atoms with Gasteiger partial charge in [0, 0.05) is 6.92 Å². The number of hydrogen-bond donors (Lipinski definition) is 1. The molecule has 0 aliphatic heterocycles. The lowest BCUT2D eigenvalue weighted by Crippen LogP contribution is -2.11. The fourth-order valence-corrected chi connectivity index (χ4v) is 0.250. The summed E-state index contributed by atoms with van der Waals surface area (Å²) in [7, 11) is 0. The highest BCUT2D eigenvalue weighted by Gasteiger charge is 1.67. The van der Waals surface area contributed by atoms with Gasteiger partial charge in [0.25, 0.3) is 0 Å². The second-order valence-corrected chi connectivity index (χ2v) is 1.13. The molecule has 1 nitrogen and oxygen atoms in total. The summed E-state index contributed by atoms with van der Waals surface area (Å²) in [6, 6.07) is 0. The Morgan fingerprint density at radius 3 is 2.86 bits per heavy atom. The van der Waals surface area contributed by atoms with E-state index in [0.29, 0.717) is 0 Å². The van der Waals surface area contributed by atoms with Gasteiger partial charge in [-0.2, -0.15) is 0 Å². The van der Waals surface area contributed by atoms with E-state index in [-0.39, 0.29) is 0 Å². The first-order valence-electron chi connectivity index (χ1n) is 2.37. The van der Waals surface area contributed by atoms with Crippen LogP contribution in [0.3, 0.4) is 0 Å². The Morgan fingerprint density at radius 1 is 1.71 bits per heavy atom. The molecule has 0 fully saturated rings. The van der Waals surface area contributed by atoms with Crippen molar-refractivity contribution in [2.24, 2.45) is 0 Å². The molecule has 0 rings (SSSR count). The van der Waals surface area contributed by atoms with Gasteiger partial charge >= 0.3 is 0 Å². The Hall–Kier alpha value is -0.480. The lowest BCUT2D eigenvalue weighted by Gasteiger charge is -1.86. The Kier molecular flexibility index (Phi) is 5.14. The van der Waals surface area contributed by atoms with Gasteiger partial charge in [0.2, 0.25) is 0 Å². The van der Waals surface area contributed by atoms with Crippen molar-refractivity contribution in [2.45, 2.75) is 6.92 Å². The topological polar surface area (TPSA) is 12.0 Å². The molecule has 0 saturated carbocycles. The van der Waals surface area contributed by atoms with Crippen LogP contribution in [0.2, 0.25) is 0 Å². The molecule has 0 aromatic rings. The summed E-state index contributed by atoms with van der Waals surface area (Å²) in [6.07, 6.45) is 0. The highest BCUT2D eigenvalue weighted by Crippen LogP contribution is 1.52. The molecule has 0 heterocycles. The SMILES string of the molecule is [CH2]C#CCNCC. The number of hydrogen-bond acceptors (Lipinski definition) is 1. The lowest BCUT2D eigenvalue weighted by molar-refractivity contribution is 0.811. The average Bonchev–Trinajstić information content (AvgIpc) is 1.69. The van der Waals surface area contributed by atoms with Crippen LogP contribution in [0.25, 0.3) is 0 Å². The van der Waals surface area contributed by atoms with Crippen molar-refractivity contribution in [2.75, 3.05) is 13.1 Å². The second kappa shape index (κ2) is 5.52. The summed E-state index contributed by atoms with van der Waals surface area (Å²) >= 11 is 0. The van der Waals surface area contributed by atoms with Gasteiger partial charge in [0.1, 0.15) is 0 Å². The standard InChI is InChI=1S/C6H10N/c1-3-5-6-7-4-2/h7H,1,4,6H2,2H3. The third-order valence-corrected chi connectivity index (χ3v) is 0.588. The quantitative estimate of drug-likeness (QED) is 0.388. The predicted molar refractivity (Wildman–Crippen MR) is 31.7 cm³/mol. The van der Waals surface area contributed by atoms with Crippen LogP contribution in [-0.4, -0.2) is 13.1 Å². The zero-order chi connectivity index (χ0) is 5.54. The Bertz CT molecular complexity index is 75.9. The number of nitrogens with one attached hydrogen (secondary N) is 1. The molecule has 1 N–H and O–H groups in total. The minimum absolute atomic E-state index is 0.764. The molecule has 0 bridgehead atoms. The van der Waals surface area contributed by atoms with Crippen LogP contribution in [-0.2, 0) is 0 Å². The first-order valence-corrected chi connectivity index (χ1v) is 2.37. The van der Waals surface area contributed by atoms with E-state index in [2.05, 4.69) is 24.1 Å². The third-order valence-electron chi connectivity index (χ3n) is 0.588. The van der Waals surface area contributed by atoms with E-state index in [1.165, 1.54) is 0 Å². The van der Waals surface area contributed by atoms with Gasteiger partial charge < -0.3 is 5.32 Å². The van der Waals surface area contributed by atoms with Crippen LogP contribution in [0.5, 0.6) is 0 Å². The Morgan fingerprint density at radius 2 is 2.43 bits per heavy atom. The smallest absolute Gasteiger partial charge is 0.0576 e. The maximum atomic E-state index is 3.36. The minimum Gasteiger partial charge on any atom is -0.307 e. The van der Waals surface area contributed by atoms with Gasteiger partial charge in [-0.3, -0.25) is 0 Å². The van der Waals surface area contributed by atoms with Crippen LogP contribution in [0.15, 0.2) is 0 Å². The molecule has 0 aliphatic rings. The van der Waals surface area contributed by atoms with Crippen molar-refractivity contribution in [1.29, 1.82) is 0 Å². The summed E-state index contributed by atoms with van der Waals surface area (Å²) in [6.45, 7) is 7.15. The summed E-state index contributed by atoms with van der Waals surface area (Å²) in [5.41, 5.74) is 0. The molecule has 1 radical (unpaired) electrons. The molecule has 0 spiro atoms. The first-order chi connectivity index (χ1) is 3.41. The monoisotopic (exact) mass is 96.1 g/mol. The van der Waals surface area contributed by atoms with E-state index in [1.807, 2.05) is 6.92 Å². The van der Waals surface area contributed by atoms with Crippen LogP contribution in [0.4, 0.5) is 0 Å². The lowest BCUT2D eigenvalue weighted by atomic mass is 10.6. The fourth-order valence-electron chi connectivity index (χ4n) is 0.250. The Balaban J connectivity index is 2.78. The van der Waals surface area contributed by atoms with Gasteiger partial charge in [0.05, 0.1) is 6.54 Å². The highest BCUT2D eigenvalue weighted by atomic mass is 14.8. The van der Waals surface area contributed by atoms with Gasteiger partial charge in [-0.25, -0.2) is 0 Å². The third kappa shape index (κ3) is 5.52. The van der Waals surface area contributed by atoms with Crippen LogP contribution < -0.4 is 5.32 Å². The molecule has 39 valence electrons. The zero-order valence-corrected chi connectivity index (χ0v) is 4.62. The van der Waals surface area contributed by atoms with Crippen molar-refractivity contribution in [3.63, 3.8) is 0 Å². The first kappa shape index (κ1) is 6.52. The molecule has 0 aromatic carbocycles. The van der Waals surface area contributed by atoms with Crippen molar-refractivity contribution in [3.05, 3.63) is 6.92 Å². The van der Waals surface area contributed by atoms with Crippen molar-refractivity contribution in [3.8, 4) is 11.8 Å². The van der Waals surface area contributed by atoms with E-state index in [0.717, 1.165) is 13.1 Å². The molecular weight excluding hydrogens is 86.1 g/mol. The predicted octanol–water partition coefficient (Wildman–Crippen LogP) is 0.433. The zero-order valence-electron chi connectivity index (χ0n) is 4.62. The molecule has 0 aliphatic carbocycles. The molecule has 0 unspecified atom stereocenters. The van der Waals surface area contributed by atoms with Crippen molar-refractivity contribution < 1.29 is 0 Å². The van der Waals surface area contributed by atoms with Crippen molar-refractivity contribution in [1.82, 2.24) is 5.32 Å². The minimum atomic E-state index is 0.764. The van der Waals surface area contributed by atoms with Gasteiger partial charge in [-0.05, 0) is 6.54 Å². The molecule has 0 amide bonds. The average molecular weight is 96.2 g/mol. The second-order valence-electron chi connectivity index (χ2n) is 1.13. The van der Waals surface area contributed by atoms with Crippen LogP contribution >= 0.6 is 0 Å². The maximum Gasteiger partial charge on any atom is 0.0576 e. The summed E-state index contributed by atoms with van der Waals surface area (Å²) in [4.78, 5) is 0. The fraction of sp³-hybridized carbons (Fsp3) is 0.500. The largest absolute Gasteiger partial charge is 0.307 e. The van der Waals surface area contributed by atoms with Gasteiger partial charge in [0.15, 0.2) is 0 Å². The Labute approximate surface area is 45.1 Å². The molecule has 0 atom stereocenters. The summed E-state index contributed by atoms with van der Waals surface area (Å²) < 4.78 is 0. The molecular formula is C6H10N. The normalized spacial score (nSPS) is 7.14. The van der Waals surface area contributed by atoms with E-state index in [4.69, 9.17) is 0 Å². The van der Waals surface area contributed by atoms with Gasteiger partial charge in [-0.15, -0.1) is 5.92 Å². The highest BCUT2D eigenvalue weighted by molar-refractivity contribution is 5.02. The molecule has 7 heavy (non-hydrogen) atoms. The molecule has 0 saturated heterocycles. The van der Waals surface area contributed by atoms with E-state index >= 15 is 0 Å². The number of rotatable bonds is 2. The van der Waals surface area contributed by atoms with E-state index < -0.39 is 0 Å².